The fourth-order valence-corrected chi connectivity index (χ4v) is 7.53. The number of quaternary nitrogens is 1. The second-order valence-electron chi connectivity index (χ2n) is 14.9. The molecule has 0 aliphatic rings. The van der Waals surface area contributed by atoms with Gasteiger partial charge in [0.1, 0.15) is 37.7 Å². The van der Waals surface area contributed by atoms with Gasteiger partial charge >= 0.3 is 0 Å². The van der Waals surface area contributed by atoms with Gasteiger partial charge < -0.3 is 19.8 Å². The maximum Gasteiger partial charge on any atom is 0.119 e. The minimum Gasteiger partial charge on any atom is -0.872 e. The molecule has 7 aromatic rings. The van der Waals surface area contributed by atoms with E-state index in [2.05, 4.69) is 121 Å². The van der Waals surface area contributed by atoms with Crippen LogP contribution in [0.25, 0.3) is 0 Å². The maximum atomic E-state index is 13.0. The van der Waals surface area contributed by atoms with Gasteiger partial charge in [0.15, 0.2) is 0 Å². The Bertz CT molecular complexity index is 2020. The molecule has 0 spiro atoms. The molecule has 278 valence electrons. The van der Waals surface area contributed by atoms with E-state index in [1.165, 1.54) is 22.3 Å². The highest BCUT2D eigenvalue weighted by molar-refractivity contribution is 5.50. The van der Waals surface area contributed by atoms with Crippen LogP contribution < -0.4 is 5.11 Å². The van der Waals surface area contributed by atoms with Crippen molar-refractivity contribution < 1.29 is 19.8 Å². The Labute approximate surface area is 326 Å². The summed E-state index contributed by atoms with van der Waals surface area (Å²) < 4.78 is 0.960. The van der Waals surface area contributed by atoms with Gasteiger partial charge in [-0.15, -0.1) is 5.75 Å². The van der Waals surface area contributed by atoms with Crippen molar-refractivity contribution in [2.75, 3.05) is 0 Å². The van der Waals surface area contributed by atoms with E-state index in [1.807, 2.05) is 57.2 Å². The van der Waals surface area contributed by atoms with Crippen molar-refractivity contribution in [3.05, 3.63) is 231 Å². The van der Waals surface area contributed by atoms with E-state index in [0.717, 1.165) is 58.5 Å². The minimum absolute atomic E-state index is 0.0302. The minimum atomic E-state index is -0.0302. The molecule has 0 aromatic heterocycles. The van der Waals surface area contributed by atoms with Gasteiger partial charge in [-0.2, -0.15) is 0 Å². The lowest BCUT2D eigenvalue weighted by Gasteiger charge is -2.39. The summed E-state index contributed by atoms with van der Waals surface area (Å²) in [4.78, 5) is 0. The van der Waals surface area contributed by atoms with Gasteiger partial charge in [-0.1, -0.05) is 186 Å². The van der Waals surface area contributed by atoms with E-state index in [1.54, 1.807) is 12.1 Å². The summed E-state index contributed by atoms with van der Waals surface area (Å²) in [7, 11) is 0. The number of phenolic OH excluding ortho intramolecular Hbond substituents is 2. The lowest BCUT2D eigenvalue weighted by atomic mass is 9.94. The van der Waals surface area contributed by atoms with Crippen LogP contribution in [0.3, 0.4) is 0 Å². The molecule has 7 rings (SSSR count). The van der Waals surface area contributed by atoms with Crippen molar-refractivity contribution in [1.29, 1.82) is 0 Å². The van der Waals surface area contributed by atoms with Gasteiger partial charge in [0, 0.05) is 35.1 Å². The number of phenols is 2. The molecule has 7 aromatic carbocycles. The Morgan fingerprint density at radius 1 is 0.382 bits per heavy atom. The van der Waals surface area contributed by atoms with E-state index in [-0.39, 0.29) is 17.2 Å². The number of hydrogen-bond donors (Lipinski definition) is 2. The van der Waals surface area contributed by atoms with Crippen molar-refractivity contribution in [3.63, 3.8) is 0 Å². The molecule has 0 amide bonds. The van der Waals surface area contributed by atoms with Crippen LogP contribution in [0.15, 0.2) is 170 Å². The molecule has 4 heteroatoms. The van der Waals surface area contributed by atoms with Crippen LogP contribution in [-0.4, -0.2) is 14.7 Å². The monoisotopic (exact) mass is 725 g/mol. The first-order valence-electron chi connectivity index (χ1n) is 19.0. The molecular weight excluding hydrogens is 675 g/mol. The molecule has 0 radical (unpaired) electrons. The molecule has 0 unspecified atom stereocenters. The van der Waals surface area contributed by atoms with Crippen LogP contribution in [0.4, 0.5) is 0 Å². The zero-order valence-electron chi connectivity index (χ0n) is 32.2. The third kappa shape index (κ3) is 11.0. The molecule has 4 nitrogen and oxygen atoms in total. The highest BCUT2D eigenvalue weighted by Gasteiger charge is 2.29. The summed E-state index contributed by atoms with van der Waals surface area (Å²) >= 11 is 0. The number of aromatic hydroxyl groups is 2. The van der Waals surface area contributed by atoms with Gasteiger partial charge in [-0.05, 0) is 44.0 Å². The molecule has 0 heterocycles. The Kier molecular flexibility index (Phi) is 12.8. The van der Waals surface area contributed by atoms with Crippen LogP contribution in [0.2, 0.25) is 0 Å². The smallest absolute Gasteiger partial charge is 0.119 e. The van der Waals surface area contributed by atoms with Gasteiger partial charge in [0.2, 0.25) is 0 Å². The average molecular weight is 726 g/mol. The molecule has 55 heavy (non-hydrogen) atoms. The van der Waals surface area contributed by atoms with Gasteiger partial charge in [-0.25, -0.2) is 0 Å². The number of aryl methyl sites for hydroxylation is 3. The van der Waals surface area contributed by atoms with Gasteiger partial charge in [0.05, 0.1) is 0 Å². The summed E-state index contributed by atoms with van der Waals surface area (Å²) in [6, 6.07) is 58.3. The molecule has 0 aliphatic carbocycles. The number of hydrogen-bond acceptors (Lipinski definition) is 3. The summed E-state index contributed by atoms with van der Waals surface area (Å²) in [5, 5.41) is 33.1. The predicted octanol–water partition coefficient (Wildman–Crippen LogP) is 10.9. The predicted molar refractivity (Wildman–Crippen MR) is 223 cm³/mol. The Balaban J connectivity index is 0.000000188. The van der Waals surface area contributed by atoms with E-state index >= 15 is 0 Å². The molecule has 0 atom stereocenters. The molecular formula is C51H51NO3. The fraction of sp³-hybridized carbons (Fsp3) is 0.176. The summed E-state index contributed by atoms with van der Waals surface area (Å²) in [5.41, 5.74) is 11.4. The number of rotatable bonds is 12. The fourth-order valence-electron chi connectivity index (χ4n) is 7.53. The first-order chi connectivity index (χ1) is 26.6. The second kappa shape index (κ2) is 18.3. The first-order valence-corrected chi connectivity index (χ1v) is 19.0. The van der Waals surface area contributed by atoms with Crippen molar-refractivity contribution >= 4 is 0 Å². The zero-order valence-corrected chi connectivity index (χ0v) is 32.2. The highest BCUT2D eigenvalue weighted by atomic mass is 16.3. The van der Waals surface area contributed by atoms with E-state index in [0.29, 0.717) is 24.0 Å². The SMILES string of the molecule is Cc1ccc(O)c(Cc2cc(C)cc(Cc3cc(C)ccc3O)c2[O-])c1.c1ccc(C[N+](Cc2ccccc2)(Cc2ccccc2)Cc2ccccc2)cc1. The molecule has 0 saturated carbocycles. The maximum absolute atomic E-state index is 13.0. The molecule has 2 N–H and O–H groups in total. The van der Waals surface area contributed by atoms with Crippen molar-refractivity contribution in [1.82, 2.24) is 0 Å². The summed E-state index contributed by atoms with van der Waals surface area (Å²) in [6.45, 7) is 9.88. The third-order valence-corrected chi connectivity index (χ3v) is 10.1. The summed E-state index contributed by atoms with van der Waals surface area (Å²) in [5.74, 6) is 0.376. The zero-order chi connectivity index (χ0) is 38.6. The van der Waals surface area contributed by atoms with Gasteiger partial charge in [0.25, 0.3) is 0 Å². The van der Waals surface area contributed by atoms with Crippen LogP contribution >= 0.6 is 0 Å². The molecule has 0 saturated heterocycles. The lowest BCUT2D eigenvalue weighted by Crippen LogP contribution is -2.45. The van der Waals surface area contributed by atoms with E-state index in [9.17, 15) is 15.3 Å². The topological polar surface area (TPSA) is 63.5 Å². The molecule has 0 aliphatic heterocycles. The second-order valence-corrected chi connectivity index (χ2v) is 14.9. The van der Waals surface area contributed by atoms with Crippen LogP contribution in [0.5, 0.6) is 17.2 Å². The van der Waals surface area contributed by atoms with E-state index in [4.69, 9.17) is 0 Å². The molecule has 0 fully saturated rings. The Morgan fingerprint density at radius 3 is 0.982 bits per heavy atom. The van der Waals surface area contributed by atoms with Crippen LogP contribution in [-0.2, 0) is 39.0 Å². The standard InChI is InChI=1S/C28H28N.C23H24O3/c1-5-13-25(14-6-1)21-29(22-26-15-7-2-8-16-26,23-27-17-9-3-10-18-27)24-28-19-11-4-12-20-28;1-14-4-6-21(24)17(8-14)12-19-10-16(3)11-20(23(19)26)13-18-9-15(2)5-7-22(18)25/h1-20H,21-24H2;4-11,24-26H,12-13H2,1-3H3/q+1;/p-1. The number of nitrogens with zero attached hydrogens (tertiary/aromatic N) is 1. The first kappa shape index (κ1) is 38.6. The highest BCUT2D eigenvalue weighted by Crippen LogP contribution is 2.32. The Hall–Kier alpha value is -6.10. The quantitative estimate of drug-likeness (QED) is 0.123. The van der Waals surface area contributed by atoms with E-state index < -0.39 is 0 Å². The van der Waals surface area contributed by atoms with Crippen molar-refractivity contribution in [2.24, 2.45) is 0 Å². The third-order valence-electron chi connectivity index (χ3n) is 10.1. The average Bonchev–Trinajstić information content (AvgIpc) is 3.18. The normalized spacial score (nSPS) is 11.1. The van der Waals surface area contributed by atoms with Crippen molar-refractivity contribution in [2.45, 2.75) is 59.8 Å². The van der Waals surface area contributed by atoms with Crippen LogP contribution in [0, 0.1) is 20.8 Å². The Morgan fingerprint density at radius 2 is 0.673 bits per heavy atom. The van der Waals surface area contributed by atoms with Crippen molar-refractivity contribution in [3.8, 4) is 17.2 Å². The largest absolute Gasteiger partial charge is 0.872 e. The lowest BCUT2D eigenvalue weighted by molar-refractivity contribution is -0.978. The van der Waals surface area contributed by atoms with Gasteiger partial charge in [-0.3, -0.25) is 0 Å². The summed E-state index contributed by atoms with van der Waals surface area (Å²) in [6.07, 6.45) is 0.779. The number of benzene rings is 7. The van der Waals surface area contributed by atoms with Crippen LogP contribution in [0.1, 0.15) is 61.2 Å². The molecule has 0 bridgehead atoms.